The number of ether oxygens (including phenoxy) is 1. The van der Waals surface area contributed by atoms with Gasteiger partial charge in [-0.3, -0.25) is 0 Å². The summed E-state index contributed by atoms with van der Waals surface area (Å²) >= 11 is 3.32. The zero-order chi connectivity index (χ0) is 13.3. The number of halogens is 2. The Balaban J connectivity index is 0.00000180. The molecule has 1 atom stereocenters. The van der Waals surface area contributed by atoms with Gasteiger partial charge < -0.3 is 10.5 Å². The summed E-state index contributed by atoms with van der Waals surface area (Å²) in [5.74, 6) is 0.454. The predicted molar refractivity (Wildman–Crippen MR) is 79.4 cm³/mol. The smallest absolute Gasteiger partial charge is 0.244 e. The van der Waals surface area contributed by atoms with Crippen LogP contribution >= 0.6 is 28.3 Å². The molecule has 0 radical (unpaired) electrons. The van der Waals surface area contributed by atoms with Crippen LogP contribution in [0.25, 0.3) is 0 Å². The molecule has 0 aliphatic carbocycles. The van der Waals surface area contributed by atoms with Crippen LogP contribution in [0.5, 0.6) is 5.75 Å². The molecule has 2 rings (SSSR count). The molecule has 0 amide bonds. The summed E-state index contributed by atoms with van der Waals surface area (Å²) in [6.07, 6.45) is 0.726. The number of sulfonamides is 1. The average molecular weight is 372 g/mol. The van der Waals surface area contributed by atoms with Crippen LogP contribution in [0.15, 0.2) is 21.5 Å². The Kier molecular flexibility index (Phi) is 5.64. The molecule has 5 nitrogen and oxygen atoms in total. The maximum atomic E-state index is 12.2. The number of fused-ring (bicyclic) bond motifs is 1. The van der Waals surface area contributed by atoms with E-state index in [1.165, 1.54) is 0 Å². The van der Waals surface area contributed by atoms with E-state index in [2.05, 4.69) is 20.7 Å². The van der Waals surface area contributed by atoms with Gasteiger partial charge in [0, 0.05) is 29.0 Å². The van der Waals surface area contributed by atoms with Gasteiger partial charge in [-0.15, -0.1) is 12.4 Å². The molecule has 1 heterocycles. The zero-order valence-electron chi connectivity index (χ0n) is 10.3. The Labute approximate surface area is 127 Å². The zero-order valence-corrected chi connectivity index (χ0v) is 13.6. The maximum absolute atomic E-state index is 12.2. The van der Waals surface area contributed by atoms with Gasteiger partial charge in [-0.1, -0.05) is 15.9 Å². The van der Waals surface area contributed by atoms with Gasteiger partial charge in [0.2, 0.25) is 10.0 Å². The Hall–Kier alpha value is -0.340. The van der Waals surface area contributed by atoms with Crippen molar-refractivity contribution in [2.24, 2.45) is 5.73 Å². The second kappa shape index (κ2) is 6.41. The van der Waals surface area contributed by atoms with E-state index in [0.29, 0.717) is 12.4 Å². The number of hydrogen-bond acceptors (Lipinski definition) is 4. The summed E-state index contributed by atoms with van der Waals surface area (Å²) in [4.78, 5) is 0.171. The Morgan fingerprint density at radius 3 is 2.84 bits per heavy atom. The first-order valence-corrected chi connectivity index (χ1v) is 7.89. The second-order valence-corrected chi connectivity index (χ2v) is 6.85. The molecule has 0 aromatic heterocycles. The fourth-order valence-corrected chi connectivity index (χ4v) is 3.94. The van der Waals surface area contributed by atoms with Gasteiger partial charge in [-0.2, -0.15) is 0 Å². The maximum Gasteiger partial charge on any atom is 0.244 e. The first-order chi connectivity index (χ1) is 8.44. The third-order valence-corrected chi connectivity index (χ3v) is 4.77. The van der Waals surface area contributed by atoms with Gasteiger partial charge in [-0.05, 0) is 19.1 Å². The van der Waals surface area contributed by atoms with Crippen LogP contribution in [0.4, 0.5) is 0 Å². The van der Waals surface area contributed by atoms with Gasteiger partial charge >= 0.3 is 0 Å². The average Bonchev–Trinajstić information content (AvgIpc) is 2.74. The molecule has 19 heavy (non-hydrogen) atoms. The van der Waals surface area contributed by atoms with E-state index in [1.54, 1.807) is 13.0 Å². The van der Waals surface area contributed by atoms with E-state index in [4.69, 9.17) is 10.5 Å². The highest BCUT2D eigenvalue weighted by Gasteiger charge is 2.27. The third-order valence-electron chi connectivity index (χ3n) is 2.71. The van der Waals surface area contributed by atoms with E-state index in [-0.39, 0.29) is 29.9 Å². The highest BCUT2D eigenvalue weighted by atomic mass is 79.9. The summed E-state index contributed by atoms with van der Waals surface area (Å²) < 4.78 is 33.2. The van der Waals surface area contributed by atoms with Crippen molar-refractivity contribution in [1.29, 1.82) is 0 Å². The predicted octanol–water partition coefficient (Wildman–Crippen LogP) is 1.43. The molecule has 1 aromatic rings. The normalized spacial score (nSPS) is 15.3. The molecule has 0 spiro atoms. The van der Waals surface area contributed by atoms with Crippen LogP contribution in [-0.4, -0.2) is 27.6 Å². The van der Waals surface area contributed by atoms with Crippen molar-refractivity contribution < 1.29 is 13.2 Å². The van der Waals surface area contributed by atoms with Crippen molar-refractivity contribution in [3.63, 3.8) is 0 Å². The Bertz CT molecular complexity index is 565. The lowest BCUT2D eigenvalue weighted by Crippen LogP contribution is -2.37. The SMILES string of the molecule is C[C@@H](CN)NS(=O)(=O)c1cc(Br)cc2c1OCC2.Cl. The first kappa shape index (κ1) is 16.7. The minimum atomic E-state index is -3.60. The number of nitrogens with one attached hydrogen (secondary N) is 1. The van der Waals surface area contributed by atoms with Crippen molar-refractivity contribution >= 4 is 38.4 Å². The van der Waals surface area contributed by atoms with Gasteiger partial charge in [0.15, 0.2) is 0 Å². The van der Waals surface area contributed by atoms with Crippen LogP contribution in [0.1, 0.15) is 12.5 Å². The minimum Gasteiger partial charge on any atom is -0.492 e. The molecule has 0 saturated carbocycles. The van der Waals surface area contributed by atoms with Gasteiger partial charge in [0.1, 0.15) is 10.6 Å². The van der Waals surface area contributed by atoms with Crippen LogP contribution in [0.3, 0.4) is 0 Å². The van der Waals surface area contributed by atoms with Gasteiger partial charge in [0.05, 0.1) is 6.61 Å². The molecule has 1 aromatic carbocycles. The van der Waals surface area contributed by atoms with Crippen LogP contribution in [0, 0.1) is 0 Å². The monoisotopic (exact) mass is 370 g/mol. The highest BCUT2D eigenvalue weighted by Crippen LogP contribution is 2.35. The standard InChI is InChI=1S/C11H15BrN2O3S.ClH/c1-7(6-13)14-18(15,16)10-5-9(12)4-8-2-3-17-11(8)10;/h4-5,7,14H,2-3,6,13H2,1H3;1H/t7-;/m0./s1. The molecule has 0 saturated heterocycles. The van der Waals surface area contributed by atoms with Gasteiger partial charge in [0.25, 0.3) is 0 Å². The quantitative estimate of drug-likeness (QED) is 0.839. The summed E-state index contributed by atoms with van der Waals surface area (Å²) in [5, 5.41) is 0. The van der Waals surface area contributed by atoms with Crippen LogP contribution in [0.2, 0.25) is 0 Å². The molecule has 0 bridgehead atoms. The van der Waals surface area contributed by atoms with Crippen molar-refractivity contribution in [3.8, 4) is 5.75 Å². The van der Waals surface area contributed by atoms with Crippen molar-refractivity contribution in [2.75, 3.05) is 13.2 Å². The topological polar surface area (TPSA) is 81.4 Å². The fourth-order valence-electron chi connectivity index (χ4n) is 1.81. The molecule has 108 valence electrons. The van der Waals surface area contributed by atoms with Crippen LogP contribution in [-0.2, 0) is 16.4 Å². The van der Waals surface area contributed by atoms with E-state index in [1.807, 2.05) is 6.07 Å². The molecule has 1 aliphatic rings. The number of rotatable bonds is 4. The summed E-state index contributed by atoms with van der Waals surface area (Å²) in [7, 11) is -3.60. The third kappa shape index (κ3) is 3.61. The van der Waals surface area contributed by atoms with E-state index in [9.17, 15) is 8.42 Å². The largest absolute Gasteiger partial charge is 0.492 e. The van der Waals surface area contributed by atoms with E-state index in [0.717, 1.165) is 16.5 Å². The summed E-state index contributed by atoms with van der Waals surface area (Å²) in [6.45, 7) is 2.48. The molecular weight excluding hydrogens is 356 g/mol. The lowest BCUT2D eigenvalue weighted by atomic mass is 10.2. The molecule has 1 aliphatic heterocycles. The number of nitrogens with two attached hydrogens (primary N) is 1. The number of benzene rings is 1. The summed E-state index contributed by atoms with van der Waals surface area (Å²) in [6, 6.07) is 3.12. The van der Waals surface area contributed by atoms with E-state index < -0.39 is 10.0 Å². The van der Waals surface area contributed by atoms with Crippen molar-refractivity contribution in [1.82, 2.24) is 4.72 Å². The lowest BCUT2D eigenvalue weighted by molar-refractivity contribution is 0.348. The summed E-state index contributed by atoms with van der Waals surface area (Å²) in [5.41, 5.74) is 6.34. The van der Waals surface area contributed by atoms with E-state index >= 15 is 0 Å². The molecule has 3 N–H and O–H groups in total. The molecule has 8 heteroatoms. The fraction of sp³-hybridized carbons (Fsp3) is 0.455. The second-order valence-electron chi connectivity index (χ2n) is 4.25. The Morgan fingerprint density at radius 1 is 1.53 bits per heavy atom. The number of hydrogen-bond donors (Lipinski definition) is 2. The van der Waals surface area contributed by atoms with Gasteiger partial charge in [-0.25, -0.2) is 13.1 Å². The van der Waals surface area contributed by atoms with Crippen molar-refractivity contribution in [2.45, 2.75) is 24.3 Å². The Morgan fingerprint density at radius 2 is 2.21 bits per heavy atom. The van der Waals surface area contributed by atoms with Crippen LogP contribution < -0.4 is 15.2 Å². The lowest BCUT2D eigenvalue weighted by Gasteiger charge is -2.14. The minimum absolute atomic E-state index is 0. The van der Waals surface area contributed by atoms with Crippen molar-refractivity contribution in [3.05, 3.63) is 22.2 Å². The molecule has 0 fully saturated rings. The molecule has 0 unspecified atom stereocenters. The highest BCUT2D eigenvalue weighted by molar-refractivity contribution is 9.10. The molecular formula is C11H16BrClN2O3S. The first-order valence-electron chi connectivity index (χ1n) is 5.61.